The molecule has 0 radical (unpaired) electrons. The minimum absolute atomic E-state index is 0.107. The molecule has 2 aromatic heterocycles. The molecule has 0 aliphatic heterocycles. The minimum Gasteiger partial charge on any atom is -0.482 e. The number of fused-ring (bicyclic) bond motifs is 1. The highest BCUT2D eigenvalue weighted by atomic mass is 16.5. The summed E-state index contributed by atoms with van der Waals surface area (Å²) in [5, 5.41) is 3.58. The molecule has 3 rings (SSSR count). The van der Waals surface area contributed by atoms with E-state index in [9.17, 15) is 4.79 Å². The summed E-state index contributed by atoms with van der Waals surface area (Å²) in [4.78, 5) is 23.7. The van der Waals surface area contributed by atoms with Gasteiger partial charge in [-0.2, -0.15) is 0 Å². The van der Waals surface area contributed by atoms with Gasteiger partial charge in [-0.3, -0.25) is 9.78 Å². The van der Waals surface area contributed by atoms with Gasteiger partial charge in [0.25, 0.3) is 5.91 Å². The molecule has 0 saturated heterocycles. The number of aromatic nitrogens is 3. The van der Waals surface area contributed by atoms with Crippen LogP contribution in [0.25, 0.3) is 10.9 Å². The summed E-state index contributed by atoms with van der Waals surface area (Å²) >= 11 is 0. The number of pyridine rings is 1. The Kier molecular flexibility index (Phi) is 3.68. The summed E-state index contributed by atoms with van der Waals surface area (Å²) in [5.74, 6) is 0.698. The summed E-state index contributed by atoms with van der Waals surface area (Å²) in [6.45, 7) is -0.107. The molecule has 0 aliphatic carbocycles. The van der Waals surface area contributed by atoms with E-state index in [-0.39, 0.29) is 12.5 Å². The molecular formula is C15H12N4O2. The highest BCUT2D eigenvalue weighted by Crippen LogP contribution is 2.17. The van der Waals surface area contributed by atoms with E-state index in [1.165, 1.54) is 6.33 Å². The van der Waals surface area contributed by atoms with Crippen LogP contribution in [-0.4, -0.2) is 27.5 Å². The van der Waals surface area contributed by atoms with Crippen LogP contribution < -0.4 is 10.1 Å². The smallest absolute Gasteiger partial charge is 0.263 e. The number of carbonyl (C=O) groups is 1. The van der Waals surface area contributed by atoms with Crippen molar-refractivity contribution >= 4 is 22.6 Å². The fraction of sp³-hybridized carbons (Fsp3) is 0.0667. The Balaban J connectivity index is 1.62. The van der Waals surface area contributed by atoms with Gasteiger partial charge in [0, 0.05) is 11.6 Å². The Morgan fingerprint density at radius 3 is 2.95 bits per heavy atom. The lowest BCUT2D eigenvalue weighted by Crippen LogP contribution is -2.20. The first-order valence-corrected chi connectivity index (χ1v) is 6.35. The number of rotatable bonds is 4. The average Bonchev–Trinajstić information content (AvgIpc) is 2.54. The lowest BCUT2D eigenvalue weighted by molar-refractivity contribution is -0.118. The van der Waals surface area contributed by atoms with Crippen molar-refractivity contribution in [2.75, 3.05) is 11.9 Å². The van der Waals surface area contributed by atoms with E-state index < -0.39 is 0 Å². The van der Waals surface area contributed by atoms with E-state index in [1.807, 2.05) is 30.3 Å². The Morgan fingerprint density at radius 2 is 2.10 bits per heavy atom. The highest BCUT2D eigenvalue weighted by Gasteiger charge is 2.05. The molecule has 0 spiro atoms. The van der Waals surface area contributed by atoms with Crippen molar-refractivity contribution in [2.45, 2.75) is 0 Å². The van der Waals surface area contributed by atoms with Crippen LogP contribution >= 0.6 is 0 Å². The molecule has 104 valence electrons. The topological polar surface area (TPSA) is 77.0 Å². The molecule has 6 heteroatoms. The second-order valence-electron chi connectivity index (χ2n) is 4.30. The van der Waals surface area contributed by atoms with Crippen molar-refractivity contribution in [1.29, 1.82) is 0 Å². The molecule has 0 unspecified atom stereocenters. The van der Waals surface area contributed by atoms with Crippen LogP contribution in [0.15, 0.2) is 55.1 Å². The van der Waals surface area contributed by atoms with Crippen molar-refractivity contribution < 1.29 is 9.53 Å². The number of amides is 1. The normalized spacial score (nSPS) is 10.3. The molecule has 0 aliphatic rings. The van der Waals surface area contributed by atoms with Gasteiger partial charge in [-0.25, -0.2) is 9.97 Å². The zero-order chi connectivity index (χ0) is 14.5. The van der Waals surface area contributed by atoms with Crippen LogP contribution in [0.2, 0.25) is 0 Å². The van der Waals surface area contributed by atoms with E-state index in [4.69, 9.17) is 4.74 Å². The molecule has 1 aromatic carbocycles. The SMILES string of the molecule is O=C(COc1cnc2ccccc2c1)Nc1ccncn1. The van der Waals surface area contributed by atoms with Gasteiger partial charge in [-0.1, -0.05) is 18.2 Å². The number of nitrogens with one attached hydrogen (secondary N) is 1. The predicted octanol–water partition coefficient (Wildman–Crippen LogP) is 2.04. The first-order valence-electron chi connectivity index (χ1n) is 6.35. The summed E-state index contributed by atoms with van der Waals surface area (Å²) in [7, 11) is 0. The quantitative estimate of drug-likeness (QED) is 0.791. The third kappa shape index (κ3) is 3.30. The van der Waals surface area contributed by atoms with Crippen LogP contribution in [-0.2, 0) is 4.79 Å². The molecule has 0 saturated carbocycles. The standard InChI is InChI=1S/C15H12N4O2/c20-15(19-14-5-6-16-10-18-14)9-21-12-7-11-3-1-2-4-13(11)17-8-12/h1-8,10H,9H2,(H,16,18,19,20). The summed E-state index contributed by atoms with van der Waals surface area (Å²) < 4.78 is 5.43. The van der Waals surface area contributed by atoms with E-state index in [0.29, 0.717) is 11.6 Å². The predicted molar refractivity (Wildman–Crippen MR) is 77.9 cm³/mol. The minimum atomic E-state index is -0.290. The molecule has 0 atom stereocenters. The third-order valence-corrected chi connectivity index (χ3v) is 2.78. The van der Waals surface area contributed by atoms with Crippen LogP contribution in [0, 0.1) is 0 Å². The van der Waals surface area contributed by atoms with Crippen LogP contribution in [0.3, 0.4) is 0 Å². The maximum atomic E-state index is 11.7. The van der Waals surface area contributed by atoms with Crippen molar-refractivity contribution in [3.8, 4) is 5.75 Å². The number of benzene rings is 1. The Bertz CT molecular complexity index is 762. The van der Waals surface area contributed by atoms with Crippen LogP contribution in [0.5, 0.6) is 5.75 Å². The Morgan fingerprint density at radius 1 is 1.19 bits per heavy atom. The Hall–Kier alpha value is -3.02. The first-order chi connectivity index (χ1) is 10.3. The van der Waals surface area contributed by atoms with E-state index >= 15 is 0 Å². The molecule has 1 amide bonds. The fourth-order valence-electron chi connectivity index (χ4n) is 1.82. The van der Waals surface area contributed by atoms with E-state index in [2.05, 4.69) is 20.3 Å². The number of ether oxygens (including phenoxy) is 1. The lowest BCUT2D eigenvalue weighted by Gasteiger charge is -2.07. The Labute approximate surface area is 120 Å². The third-order valence-electron chi connectivity index (χ3n) is 2.78. The van der Waals surface area contributed by atoms with Crippen LogP contribution in [0.4, 0.5) is 5.82 Å². The maximum absolute atomic E-state index is 11.7. The van der Waals surface area contributed by atoms with Crippen molar-refractivity contribution in [2.24, 2.45) is 0 Å². The number of hydrogen-bond acceptors (Lipinski definition) is 5. The van der Waals surface area contributed by atoms with Crippen molar-refractivity contribution in [3.05, 3.63) is 55.1 Å². The van der Waals surface area contributed by atoms with Gasteiger partial charge in [-0.15, -0.1) is 0 Å². The number of carbonyl (C=O) groups excluding carboxylic acids is 1. The van der Waals surface area contributed by atoms with Gasteiger partial charge in [0.1, 0.15) is 17.9 Å². The number of nitrogens with zero attached hydrogens (tertiary/aromatic N) is 3. The van der Waals surface area contributed by atoms with Crippen molar-refractivity contribution in [3.63, 3.8) is 0 Å². The molecule has 0 bridgehead atoms. The zero-order valence-electron chi connectivity index (χ0n) is 11.1. The highest BCUT2D eigenvalue weighted by molar-refractivity contribution is 5.90. The molecular weight excluding hydrogens is 268 g/mol. The molecule has 1 N–H and O–H groups in total. The van der Waals surface area contributed by atoms with E-state index in [0.717, 1.165) is 10.9 Å². The molecule has 2 heterocycles. The van der Waals surface area contributed by atoms with Gasteiger partial charge >= 0.3 is 0 Å². The summed E-state index contributed by atoms with van der Waals surface area (Å²) in [5.41, 5.74) is 0.885. The van der Waals surface area contributed by atoms with E-state index in [1.54, 1.807) is 18.5 Å². The molecule has 0 fully saturated rings. The zero-order valence-corrected chi connectivity index (χ0v) is 11.1. The monoisotopic (exact) mass is 280 g/mol. The number of para-hydroxylation sites is 1. The fourth-order valence-corrected chi connectivity index (χ4v) is 1.82. The lowest BCUT2D eigenvalue weighted by atomic mass is 10.2. The second-order valence-corrected chi connectivity index (χ2v) is 4.30. The van der Waals surface area contributed by atoms with Crippen molar-refractivity contribution in [1.82, 2.24) is 15.0 Å². The van der Waals surface area contributed by atoms with Crippen LogP contribution in [0.1, 0.15) is 0 Å². The van der Waals surface area contributed by atoms with Gasteiger partial charge in [-0.05, 0) is 18.2 Å². The number of hydrogen-bond donors (Lipinski definition) is 1. The molecule has 6 nitrogen and oxygen atoms in total. The first kappa shape index (κ1) is 13.0. The van der Waals surface area contributed by atoms with Gasteiger partial charge in [0.15, 0.2) is 6.61 Å². The van der Waals surface area contributed by atoms with Gasteiger partial charge in [0.2, 0.25) is 0 Å². The number of anilines is 1. The summed E-state index contributed by atoms with van der Waals surface area (Å²) in [6.07, 6.45) is 4.51. The summed E-state index contributed by atoms with van der Waals surface area (Å²) in [6, 6.07) is 11.2. The largest absolute Gasteiger partial charge is 0.482 e. The van der Waals surface area contributed by atoms with Gasteiger partial charge < -0.3 is 10.1 Å². The molecule has 3 aromatic rings. The second kappa shape index (κ2) is 5.96. The average molecular weight is 280 g/mol. The maximum Gasteiger partial charge on any atom is 0.263 e. The van der Waals surface area contributed by atoms with Gasteiger partial charge in [0.05, 0.1) is 11.7 Å². The molecule has 21 heavy (non-hydrogen) atoms.